The van der Waals surface area contributed by atoms with E-state index in [2.05, 4.69) is 25.9 Å². The minimum atomic E-state index is -0.154. The van der Waals surface area contributed by atoms with E-state index in [9.17, 15) is 4.79 Å². The molecule has 0 aliphatic rings. The molecule has 0 aliphatic heterocycles. The predicted molar refractivity (Wildman–Crippen MR) is 85.8 cm³/mol. The third-order valence-corrected chi connectivity index (χ3v) is 4.38. The Balaban J connectivity index is 2.33. The summed E-state index contributed by atoms with van der Waals surface area (Å²) in [5, 5.41) is 1.01. The number of rotatable bonds is 4. The third-order valence-electron chi connectivity index (χ3n) is 2.82. The Bertz CT molecular complexity index is 685. The molecule has 0 fully saturated rings. The molecule has 106 valence electrons. The smallest absolute Gasteiger partial charge is 0.265 e. The number of nitrogens with zero attached hydrogens (tertiary/aromatic N) is 1. The van der Waals surface area contributed by atoms with Gasteiger partial charge >= 0.3 is 0 Å². The van der Waals surface area contributed by atoms with Crippen LogP contribution in [0.1, 0.15) is 30.4 Å². The molecule has 0 saturated carbocycles. The van der Waals surface area contributed by atoms with Crippen molar-refractivity contribution >= 4 is 39.1 Å². The summed E-state index contributed by atoms with van der Waals surface area (Å²) >= 11 is 15.1. The van der Waals surface area contributed by atoms with E-state index < -0.39 is 0 Å². The average molecular weight is 376 g/mol. The fourth-order valence-corrected chi connectivity index (χ4v) is 2.59. The van der Waals surface area contributed by atoms with Crippen molar-refractivity contribution in [2.24, 2.45) is 0 Å². The Labute approximate surface area is 135 Å². The van der Waals surface area contributed by atoms with Gasteiger partial charge in [0.05, 0.1) is 15.7 Å². The van der Waals surface area contributed by atoms with Crippen LogP contribution in [-0.4, -0.2) is 9.97 Å². The lowest BCUT2D eigenvalue weighted by atomic mass is 10.1. The van der Waals surface area contributed by atoms with E-state index in [1.165, 1.54) is 0 Å². The molecule has 0 bridgehead atoms. The van der Waals surface area contributed by atoms with E-state index in [1.54, 1.807) is 12.1 Å². The molecule has 0 aliphatic carbocycles. The van der Waals surface area contributed by atoms with E-state index in [-0.39, 0.29) is 5.56 Å². The van der Waals surface area contributed by atoms with Crippen molar-refractivity contribution in [1.82, 2.24) is 9.97 Å². The zero-order valence-corrected chi connectivity index (χ0v) is 13.9. The lowest BCUT2D eigenvalue weighted by Crippen LogP contribution is -2.16. The molecule has 2 aromatic rings. The summed E-state index contributed by atoms with van der Waals surface area (Å²) in [7, 11) is 0. The van der Waals surface area contributed by atoms with Crippen LogP contribution in [0.3, 0.4) is 0 Å². The second-order valence-electron chi connectivity index (χ2n) is 4.45. The van der Waals surface area contributed by atoms with Gasteiger partial charge in [0.1, 0.15) is 10.3 Å². The first-order chi connectivity index (χ1) is 9.51. The summed E-state index contributed by atoms with van der Waals surface area (Å²) in [4.78, 5) is 19.1. The molecule has 0 spiro atoms. The van der Waals surface area contributed by atoms with Gasteiger partial charge in [-0.2, -0.15) is 0 Å². The lowest BCUT2D eigenvalue weighted by Gasteiger charge is -2.07. The number of halogens is 3. The Hall–Kier alpha value is -0.840. The zero-order chi connectivity index (χ0) is 14.7. The summed E-state index contributed by atoms with van der Waals surface area (Å²) in [5.74, 6) is 0.625. The molecule has 0 atom stereocenters. The molecule has 2 rings (SSSR count). The van der Waals surface area contributed by atoms with Crippen molar-refractivity contribution < 1.29 is 0 Å². The van der Waals surface area contributed by atoms with E-state index in [0.717, 1.165) is 24.1 Å². The Morgan fingerprint density at radius 1 is 1.30 bits per heavy atom. The van der Waals surface area contributed by atoms with Crippen molar-refractivity contribution in [3.05, 3.63) is 60.2 Å². The van der Waals surface area contributed by atoms with Crippen LogP contribution in [-0.2, 0) is 12.8 Å². The molecule has 0 unspecified atom stereocenters. The minimum Gasteiger partial charge on any atom is -0.309 e. The number of aryl methyl sites for hydroxylation is 1. The van der Waals surface area contributed by atoms with Gasteiger partial charge in [0.2, 0.25) is 0 Å². The highest BCUT2D eigenvalue weighted by Crippen LogP contribution is 2.23. The highest BCUT2D eigenvalue weighted by atomic mass is 79.9. The normalized spacial score (nSPS) is 10.8. The monoisotopic (exact) mass is 374 g/mol. The molecule has 1 heterocycles. The second kappa shape index (κ2) is 6.74. The topological polar surface area (TPSA) is 45.8 Å². The maximum absolute atomic E-state index is 11.9. The van der Waals surface area contributed by atoms with Crippen molar-refractivity contribution in [3.63, 3.8) is 0 Å². The van der Waals surface area contributed by atoms with Gasteiger partial charge in [-0.25, -0.2) is 4.98 Å². The fraction of sp³-hybridized carbons (Fsp3) is 0.286. The van der Waals surface area contributed by atoms with Gasteiger partial charge in [0.15, 0.2) is 0 Å². The standard InChI is InChI=1S/C14H13BrCl2N2O/c1-2-3-11-13(15)14(20)19-12(18-11)7-8-4-5-9(16)10(17)6-8/h4-6H,2-3,7H2,1H3,(H,18,19,20). The second-order valence-corrected chi connectivity index (χ2v) is 6.06. The van der Waals surface area contributed by atoms with Crippen molar-refractivity contribution in [3.8, 4) is 0 Å². The van der Waals surface area contributed by atoms with Gasteiger partial charge in [0.25, 0.3) is 5.56 Å². The Kier molecular flexibility index (Phi) is 5.24. The Morgan fingerprint density at radius 3 is 2.70 bits per heavy atom. The number of hydrogen-bond donors (Lipinski definition) is 1. The SMILES string of the molecule is CCCc1nc(Cc2ccc(Cl)c(Cl)c2)[nH]c(=O)c1Br. The average Bonchev–Trinajstić information content (AvgIpc) is 2.40. The summed E-state index contributed by atoms with van der Waals surface area (Å²) in [6, 6.07) is 5.39. The van der Waals surface area contributed by atoms with Crippen molar-refractivity contribution in [2.75, 3.05) is 0 Å². The van der Waals surface area contributed by atoms with Gasteiger partial charge in [-0.15, -0.1) is 0 Å². The molecule has 0 amide bonds. The number of aromatic amines is 1. The molecule has 6 heteroatoms. The summed E-state index contributed by atoms with van der Waals surface area (Å²) in [6.07, 6.45) is 2.20. The predicted octanol–water partition coefficient (Wildman–Crippen LogP) is 4.38. The van der Waals surface area contributed by atoms with Crippen LogP contribution in [0.25, 0.3) is 0 Å². The molecule has 1 aromatic carbocycles. The number of benzene rings is 1. The van der Waals surface area contributed by atoms with Gasteiger partial charge < -0.3 is 4.98 Å². The number of H-pyrrole nitrogens is 1. The van der Waals surface area contributed by atoms with Gasteiger partial charge in [-0.3, -0.25) is 4.79 Å². The van der Waals surface area contributed by atoms with E-state index in [1.807, 2.05) is 13.0 Å². The van der Waals surface area contributed by atoms with E-state index >= 15 is 0 Å². The zero-order valence-electron chi connectivity index (χ0n) is 10.8. The number of hydrogen-bond acceptors (Lipinski definition) is 2. The minimum absolute atomic E-state index is 0.154. The van der Waals surface area contributed by atoms with Crippen LogP contribution >= 0.6 is 39.1 Å². The van der Waals surface area contributed by atoms with Crippen LogP contribution in [0.2, 0.25) is 10.0 Å². The van der Waals surface area contributed by atoms with Crippen LogP contribution in [0.15, 0.2) is 27.5 Å². The summed E-state index contributed by atoms with van der Waals surface area (Å²) in [5.41, 5.74) is 1.58. The van der Waals surface area contributed by atoms with E-state index in [4.69, 9.17) is 23.2 Å². The highest BCUT2D eigenvalue weighted by molar-refractivity contribution is 9.10. The lowest BCUT2D eigenvalue weighted by molar-refractivity contribution is 0.823. The molecule has 20 heavy (non-hydrogen) atoms. The number of nitrogens with one attached hydrogen (secondary N) is 1. The van der Waals surface area contributed by atoms with Gasteiger partial charge in [-0.1, -0.05) is 42.6 Å². The van der Waals surface area contributed by atoms with Crippen molar-refractivity contribution in [2.45, 2.75) is 26.2 Å². The van der Waals surface area contributed by atoms with Gasteiger partial charge in [0, 0.05) is 6.42 Å². The third kappa shape index (κ3) is 3.62. The first-order valence-electron chi connectivity index (χ1n) is 6.22. The quantitative estimate of drug-likeness (QED) is 0.861. The highest BCUT2D eigenvalue weighted by Gasteiger charge is 2.09. The molecule has 1 aromatic heterocycles. The molecule has 1 N–H and O–H groups in total. The van der Waals surface area contributed by atoms with Crippen LogP contribution in [0.4, 0.5) is 0 Å². The summed E-state index contributed by atoms with van der Waals surface area (Å²) in [6.45, 7) is 2.05. The first-order valence-corrected chi connectivity index (χ1v) is 7.77. The van der Waals surface area contributed by atoms with E-state index in [0.29, 0.717) is 26.8 Å². The summed E-state index contributed by atoms with van der Waals surface area (Å²) < 4.78 is 0.511. The Morgan fingerprint density at radius 2 is 2.05 bits per heavy atom. The first kappa shape index (κ1) is 15.5. The molecular formula is C14H13BrCl2N2O. The molecule has 0 saturated heterocycles. The van der Waals surface area contributed by atoms with Crippen LogP contribution in [0, 0.1) is 0 Å². The van der Waals surface area contributed by atoms with Crippen LogP contribution < -0.4 is 5.56 Å². The fourth-order valence-electron chi connectivity index (χ4n) is 1.89. The molecule has 0 radical (unpaired) electrons. The largest absolute Gasteiger partial charge is 0.309 e. The molecular weight excluding hydrogens is 363 g/mol. The molecule has 3 nitrogen and oxygen atoms in total. The van der Waals surface area contributed by atoms with Crippen LogP contribution in [0.5, 0.6) is 0 Å². The van der Waals surface area contributed by atoms with Crippen molar-refractivity contribution in [1.29, 1.82) is 0 Å². The number of aromatic nitrogens is 2. The maximum Gasteiger partial charge on any atom is 0.265 e. The van der Waals surface area contributed by atoms with Gasteiger partial charge in [-0.05, 0) is 40.0 Å². The maximum atomic E-state index is 11.9.